The lowest BCUT2D eigenvalue weighted by Crippen LogP contribution is -2.13. The summed E-state index contributed by atoms with van der Waals surface area (Å²) in [6.45, 7) is 3.10. The number of hydrogen-bond acceptors (Lipinski definition) is 4. The second-order valence-electron chi connectivity index (χ2n) is 4.46. The van der Waals surface area contributed by atoms with Crippen molar-refractivity contribution in [2.45, 2.75) is 6.92 Å². The number of anilines is 2. The second kappa shape index (κ2) is 6.48. The fourth-order valence-corrected chi connectivity index (χ4v) is 1.94. The maximum Gasteiger partial charge on any atom is 0.121 e. The molecule has 0 bridgehead atoms. The molecular weight excluding hydrogens is 250 g/mol. The van der Waals surface area contributed by atoms with Gasteiger partial charge in [-0.15, -0.1) is 0 Å². The number of rotatable bonds is 5. The van der Waals surface area contributed by atoms with Gasteiger partial charge in [-0.2, -0.15) is 5.26 Å². The van der Waals surface area contributed by atoms with Crippen LogP contribution in [-0.4, -0.2) is 13.2 Å². The van der Waals surface area contributed by atoms with Crippen LogP contribution < -0.4 is 15.8 Å². The van der Waals surface area contributed by atoms with Crippen LogP contribution in [0.5, 0.6) is 5.75 Å². The molecule has 0 atom stereocenters. The van der Waals surface area contributed by atoms with Gasteiger partial charge in [0.15, 0.2) is 0 Å². The van der Waals surface area contributed by atoms with Crippen LogP contribution in [0.15, 0.2) is 42.5 Å². The third-order valence-corrected chi connectivity index (χ3v) is 2.92. The highest BCUT2D eigenvalue weighted by Gasteiger charge is 2.04. The first-order chi connectivity index (χ1) is 9.70. The molecule has 0 aliphatic carbocycles. The van der Waals surface area contributed by atoms with E-state index in [0.717, 1.165) is 17.0 Å². The molecule has 0 aromatic heterocycles. The maximum absolute atomic E-state index is 9.07. The molecule has 0 amide bonds. The van der Waals surface area contributed by atoms with Crippen LogP contribution in [0.2, 0.25) is 0 Å². The Hall–Kier alpha value is -2.67. The number of benzene rings is 2. The number of nitrogens with zero attached hydrogens (tertiary/aromatic N) is 1. The van der Waals surface area contributed by atoms with Crippen molar-refractivity contribution in [2.75, 3.05) is 24.2 Å². The van der Waals surface area contributed by atoms with Gasteiger partial charge in [-0.25, -0.2) is 0 Å². The molecule has 0 fully saturated rings. The summed E-state index contributed by atoms with van der Waals surface area (Å²) in [6.07, 6.45) is 0. The van der Waals surface area contributed by atoms with Gasteiger partial charge in [-0.3, -0.25) is 0 Å². The van der Waals surface area contributed by atoms with Gasteiger partial charge in [0, 0.05) is 18.3 Å². The fourth-order valence-electron chi connectivity index (χ4n) is 1.94. The number of para-hydroxylation sites is 1. The monoisotopic (exact) mass is 267 g/mol. The Morgan fingerprint density at radius 3 is 2.80 bits per heavy atom. The highest BCUT2D eigenvalue weighted by atomic mass is 16.5. The normalized spacial score (nSPS) is 9.80. The lowest BCUT2D eigenvalue weighted by Gasteiger charge is -2.12. The molecule has 4 heteroatoms. The van der Waals surface area contributed by atoms with E-state index in [1.165, 1.54) is 0 Å². The molecule has 2 rings (SSSR count). The van der Waals surface area contributed by atoms with Crippen molar-refractivity contribution in [2.24, 2.45) is 0 Å². The summed E-state index contributed by atoms with van der Waals surface area (Å²) in [5.74, 6) is 0.747. The average Bonchev–Trinajstić information content (AvgIpc) is 2.45. The minimum atomic E-state index is 0.503. The Kier molecular flexibility index (Phi) is 4.46. The van der Waals surface area contributed by atoms with Crippen molar-refractivity contribution in [1.82, 2.24) is 0 Å². The molecule has 2 aromatic rings. The smallest absolute Gasteiger partial charge is 0.121 e. The molecule has 0 heterocycles. The lowest BCUT2D eigenvalue weighted by atomic mass is 10.1. The lowest BCUT2D eigenvalue weighted by molar-refractivity contribution is 0.333. The zero-order chi connectivity index (χ0) is 14.4. The van der Waals surface area contributed by atoms with Crippen LogP contribution in [0.4, 0.5) is 11.4 Å². The summed E-state index contributed by atoms with van der Waals surface area (Å²) in [6, 6.07) is 15.2. The molecule has 2 aromatic carbocycles. The van der Waals surface area contributed by atoms with Crippen molar-refractivity contribution in [3.05, 3.63) is 53.6 Å². The first-order valence-corrected chi connectivity index (χ1v) is 6.42. The highest BCUT2D eigenvalue weighted by Crippen LogP contribution is 2.19. The minimum absolute atomic E-state index is 0.503. The van der Waals surface area contributed by atoms with Crippen LogP contribution >= 0.6 is 0 Å². The van der Waals surface area contributed by atoms with Crippen molar-refractivity contribution in [3.63, 3.8) is 0 Å². The second-order valence-corrected chi connectivity index (χ2v) is 4.46. The Balaban J connectivity index is 1.89. The molecule has 4 nitrogen and oxygen atoms in total. The third-order valence-electron chi connectivity index (χ3n) is 2.92. The van der Waals surface area contributed by atoms with Gasteiger partial charge in [-0.05, 0) is 30.7 Å². The summed E-state index contributed by atoms with van der Waals surface area (Å²) in [7, 11) is 0. The number of ether oxygens (including phenoxy) is 1. The Morgan fingerprint density at radius 2 is 2.05 bits per heavy atom. The van der Waals surface area contributed by atoms with Gasteiger partial charge in [0.25, 0.3) is 0 Å². The number of aryl methyl sites for hydroxylation is 1. The Bertz CT molecular complexity index is 632. The summed E-state index contributed by atoms with van der Waals surface area (Å²) in [5.41, 5.74) is 8.92. The number of nitrogens with one attached hydrogen (secondary N) is 1. The molecule has 102 valence electrons. The van der Waals surface area contributed by atoms with Gasteiger partial charge in [0.1, 0.15) is 18.4 Å². The summed E-state index contributed by atoms with van der Waals surface area (Å²) >= 11 is 0. The molecular formula is C16H17N3O. The van der Waals surface area contributed by atoms with Crippen LogP contribution in [0, 0.1) is 18.3 Å². The van der Waals surface area contributed by atoms with Crippen LogP contribution in [0.25, 0.3) is 0 Å². The molecule has 0 aliphatic rings. The average molecular weight is 267 g/mol. The van der Waals surface area contributed by atoms with Crippen molar-refractivity contribution < 1.29 is 4.74 Å². The van der Waals surface area contributed by atoms with Crippen molar-refractivity contribution >= 4 is 11.4 Å². The SMILES string of the molecule is Cc1cccc(C#N)c1NCCOc1cccc(N)c1. The van der Waals surface area contributed by atoms with Crippen LogP contribution in [0.3, 0.4) is 0 Å². The van der Waals surface area contributed by atoms with Gasteiger partial charge < -0.3 is 15.8 Å². The quantitative estimate of drug-likeness (QED) is 0.645. The standard InChI is InChI=1S/C16H17N3O/c1-12-4-2-5-13(11-17)16(12)19-8-9-20-15-7-3-6-14(18)10-15/h2-7,10,19H,8-9,18H2,1H3. The first kappa shape index (κ1) is 13.8. The largest absolute Gasteiger partial charge is 0.492 e. The van der Waals surface area contributed by atoms with Crippen molar-refractivity contribution in [1.29, 1.82) is 5.26 Å². The highest BCUT2D eigenvalue weighted by molar-refractivity contribution is 5.62. The van der Waals surface area contributed by atoms with E-state index >= 15 is 0 Å². The zero-order valence-electron chi connectivity index (χ0n) is 11.4. The molecule has 3 N–H and O–H groups in total. The molecule has 20 heavy (non-hydrogen) atoms. The van der Waals surface area contributed by atoms with Crippen molar-refractivity contribution in [3.8, 4) is 11.8 Å². The van der Waals surface area contributed by atoms with E-state index < -0.39 is 0 Å². The Labute approximate surface area is 118 Å². The molecule has 0 unspecified atom stereocenters. The fraction of sp³-hybridized carbons (Fsp3) is 0.188. The van der Waals surface area contributed by atoms with E-state index in [4.69, 9.17) is 15.7 Å². The summed E-state index contributed by atoms with van der Waals surface area (Å²) in [5, 5.41) is 12.3. The first-order valence-electron chi connectivity index (χ1n) is 6.42. The number of hydrogen-bond donors (Lipinski definition) is 2. The Morgan fingerprint density at radius 1 is 1.25 bits per heavy atom. The van der Waals surface area contributed by atoms with E-state index in [2.05, 4.69) is 11.4 Å². The number of nitrogen functional groups attached to an aromatic ring is 1. The number of nitrogens with two attached hydrogens (primary N) is 1. The topological polar surface area (TPSA) is 71.1 Å². The minimum Gasteiger partial charge on any atom is -0.492 e. The molecule has 0 aliphatic heterocycles. The van der Waals surface area contributed by atoms with E-state index in [9.17, 15) is 0 Å². The van der Waals surface area contributed by atoms with Crippen LogP contribution in [0.1, 0.15) is 11.1 Å². The predicted octanol–water partition coefficient (Wildman–Crippen LogP) is 2.94. The van der Waals surface area contributed by atoms with Gasteiger partial charge >= 0.3 is 0 Å². The van der Waals surface area contributed by atoms with Gasteiger partial charge in [0.2, 0.25) is 0 Å². The van der Waals surface area contributed by atoms with Gasteiger partial charge in [-0.1, -0.05) is 18.2 Å². The van der Waals surface area contributed by atoms with E-state index in [1.807, 2.05) is 37.3 Å². The van der Waals surface area contributed by atoms with Gasteiger partial charge in [0.05, 0.1) is 11.3 Å². The van der Waals surface area contributed by atoms with E-state index in [-0.39, 0.29) is 0 Å². The third kappa shape index (κ3) is 3.42. The molecule has 0 spiro atoms. The zero-order valence-corrected chi connectivity index (χ0v) is 11.4. The van der Waals surface area contributed by atoms with E-state index in [0.29, 0.717) is 24.4 Å². The summed E-state index contributed by atoms with van der Waals surface area (Å²) in [4.78, 5) is 0. The maximum atomic E-state index is 9.07. The number of nitriles is 1. The van der Waals surface area contributed by atoms with E-state index in [1.54, 1.807) is 12.1 Å². The predicted molar refractivity (Wildman–Crippen MR) is 80.7 cm³/mol. The molecule has 0 saturated heterocycles. The molecule has 0 saturated carbocycles. The summed E-state index contributed by atoms with van der Waals surface area (Å²) < 4.78 is 5.60. The molecule has 0 radical (unpaired) electrons. The van der Waals surface area contributed by atoms with Crippen LogP contribution in [-0.2, 0) is 0 Å².